The molecule has 1 aromatic carbocycles. The Labute approximate surface area is 200 Å². The number of ether oxygens (including phenoxy) is 2. The van der Waals surface area contributed by atoms with Gasteiger partial charge >= 0.3 is 12.2 Å². The summed E-state index contributed by atoms with van der Waals surface area (Å²) in [4.78, 5) is 43.3. The number of methoxy groups -OCH3 is 1. The van der Waals surface area contributed by atoms with Crippen LogP contribution in [0.5, 0.6) is 17.5 Å². The lowest BCUT2D eigenvalue weighted by Gasteiger charge is -2.18. The Morgan fingerprint density at radius 2 is 1.72 bits per heavy atom. The van der Waals surface area contributed by atoms with Crippen molar-refractivity contribution in [3.8, 4) is 17.5 Å². The molecule has 4 heterocycles. The molecule has 10 nitrogen and oxygen atoms in total. The highest BCUT2D eigenvalue weighted by Crippen LogP contribution is 2.34. The van der Waals surface area contributed by atoms with Crippen LogP contribution in [0.3, 0.4) is 0 Å². The van der Waals surface area contributed by atoms with E-state index in [1.54, 1.807) is 6.07 Å². The van der Waals surface area contributed by atoms with Gasteiger partial charge in [0, 0.05) is 18.5 Å². The molecule has 0 atom stereocenters. The standard InChI is InChI=1S/C23H15F3N6O4/c1-35-19-7-18-17(10-28-19)21(30-12-29-18)36-16-4-2-14(3-5-16)32-20(33)11-31(22(32)34)15-6-13(8-27-9-15)23(24,25)26/h2-10,12H,11H2,1H3. The van der Waals surface area contributed by atoms with Crippen LogP contribution in [-0.2, 0) is 11.0 Å². The van der Waals surface area contributed by atoms with Crippen LogP contribution < -0.4 is 19.3 Å². The topological polar surface area (TPSA) is 111 Å². The summed E-state index contributed by atoms with van der Waals surface area (Å²) in [6.07, 6.45) is -0.0590. The van der Waals surface area contributed by atoms with Gasteiger partial charge in [-0.2, -0.15) is 13.2 Å². The van der Waals surface area contributed by atoms with Crippen molar-refractivity contribution in [2.75, 3.05) is 23.5 Å². The zero-order valence-electron chi connectivity index (χ0n) is 18.4. The van der Waals surface area contributed by atoms with Gasteiger partial charge < -0.3 is 9.47 Å². The van der Waals surface area contributed by atoms with E-state index in [0.29, 0.717) is 28.7 Å². The Bertz CT molecular complexity index is 1480. The number of alkyl halides is 3. The van der Waals surface area contributed by atoms with Crippen molar-refractivity contribution in [3.63, 3.8) is 0 Å². The van der Waals surface area contributed by atoms with Gasteiger partial charge in [-0.1, -0.05) is 0 Å². The quantitative estimate of drug-likeness (QED) is 0.378. The normalized spacial score (nSPS) is 14.0. The summed E-state index contributed by atoms with van der Waals surface area (Å²) in [5.41, 5.74) is -0.378. The summed E-state index contributed by atoms with van der Waals surface area (Å²) >= 11 is 0. The summed E-state index contributed by atoms with van der Waals surface area (Å²) < 4.78 is 50.0. The number of pyridine rings is 2. The predicted octanol–water partition coefficient (Wildman–Crippen LogP) is 4.21. The molecule has 0 N–H and O–H groups in total. The van der Waals surface area contributed by atoms with Crippen molar-refractivity contribution in [3.05, 3.63) is 66.9 Å². The zero-order chi connectivity index (χ0) is 25.4. The maximum atomic E-state index is 13.0. The number of amides is 3. The first-order valence-electron chi connectivity index (χ1n) is 10.3. The van der Waals surface area contributed by atoms with Crippen molar-refractivity contribution in [2.45, 2.75) is 6.18 Å². The number of carbonyl (C=O) groups is 2. The Morgan fingerprint density at radius 1 is 0.944 bits per heavy atom. The molecule has 36 heavy (non-hydrogen) atoms. The van der Waals surface area contributed by atoms with E-state index in [4.69, 9.17) is 9.47 Å². The smallest absolute Gasteiger partial charge is 0.417 e. The van der Waals surface area contributed by atoms with E-state index >= 15 is 0 Å². The van der Waals surface area contributed by atoms with E-state index < -0.39 is 30.2 Å². The lowest BCUT2D eigenvalue weighted by atomic mass is 10.2. The summed E-state index contributed by atoms with van der Waals surface area (Å²) in [7, 11) is 1.49. The third kappa shape index (κ3) is 4.21. The SMILES string of the molecule is COc1cc2ncnc(Oc3ccc(N4C(=O)CN(c5cncc(C(F)(F)F)c5)C4=O)cc3)c2cn1. The molecule has 0 bridgehead atoms. The second-order valence-electron chi connectivity index (χ2n) is 7.55. The molecular formula is C23H15F3N6O4. The number of urea groups is 1. The number of halogens is 3. The average Bonchev–Trinajstić information content (AvgIpc) is 3.17. The van der Waals surface area contributed by atoms with E-state index in [0.717, 1.165) is 22.1 Å². The molecule has 0 aliphatic carbocycles. The summed E-state index contributed by atoms with van der Waals surface area (Å²) in [6.45, 7) is -0.427. The third-order valence-electron chi connectivity index (χ3n) is 5.31. The molecule has 0 unspecified atom stereocenters. The summed E-state index contributed by atoms with van der Waals surface area (Å²) in [6, 6.07) is 7.60. The van der Waals surface area contributed by atoms with E-state index in [-0.39, 0.29) is 17.3 Å². The van der Waals surface area contributed by atoms with Crippen molar-refractivity contribution in [1.82, 2.24) is 19.9 Å². The maximum absolute atomic E-state index is 13.0. The van der Waals surface area contributed by atoms with Crippen LogP contribution in [-0.4, -0.2) is 45.5 Å². The summed E-state index contributed by atoms with van der Waals surface area (Å²) in [5.74, 6) is 0.367. The number of aromatic nitrogens is 4. The van der Waals surface area contributed by atoms with Crippen LogP contribution >= 0.6 is 0 Å². The van der Waals surface area contributed by atoms with Crippen LogP contribution in [0.4, 0.5) is 29.3 Å². The minimum absolute atomic E-state index is 0.133. The number of hydrogen-bond donors (Lipinski definition) is 0. The van der Waals surface area contributed by atoms with Gasteiger partial charge in [0.1, 0.15) is 18.6 Å². The average molecular weight is 496 g/mol. The molecule has 13 heteroatoms. The first-order chi connectivity index (χ1) is 17.2. The fraction of sp³-hybridized carbons (Fsp3) is 0.130. The number of anilines is 2. The van der Waals surface area contributed by atoms with E-state index in [1.165, 1.54) is 43.9 Å². The highest BCUT2D eigenvalue weighted by atomic mass is 19.4. The number of carbonyl (C=O) groups excluding carboxylic acids is 2. The molecule has 3 aromatic heterocycles. The maximum Gasteiger partial charge on any atom is 0.417 e. The molecule has 1 aliphatic rings. The minimum Gasteiger partial charge on any atom is -0.481 e. The van der Waals surface area contributed by atoms with Crippen molar-refractivity contribution < 1.29 is 32.2 Å². The second kappa shape index (κ2) is 8.76. The molecule has 0 saturated carbocycles. The van der Waals surface area contributed by atoms with Crippen LogP contribution in [0.1, 0.15) is 5.56 Å². The molecule has 1 saturated heterocycles. The highest BCUT2D eigenvalue weighted by molar-refractivity contribution is 6.26. The van der Waals surface area contributed by atoms with Crippen molar-refractivity contribution in [2.24, 2.45) is 0 Å². The Balaban J connectivity index is 1.36. The lowest BCUT2D eigenvalue weighted by molar-refractivity contribution is -0.137. The van der Waals surface area contributed by atoms with E-state index in [2.05, 4.69) is 19.9 Å². The number of imide groups is 1. The van der Waals surface area contributed by atoms with E-state index in [1.807, 2.05) is 0 Å². The van der Waals surface area contributed by atoms with Gasteiger partial charge in [0.15, 0.2) is 0 Å². The third-order valence-corrected chi connectivity index (χ3v) is 5.31. The Hall–Kier alpha value is -4.81. The number of hydrogen-bond acceptors (Lipinski definition) is 8. The fourth-order valence-corrected chi connectivity index (χ4v) is 3.57. The second-order valence-corrected chi connectivity index (χ2v) is 7.55. The highest BCUT2D eigenvalue weighted by Gasteiger charge is 2.39. The Morgan fingerprint density at radius 3 is 2.44 bits per heavy atom. The summed E-state index contributed by atoms with van der Waals surface area (Å²) in [5, 5.41) is 0.539. The number of rotatable bonds is 5. The minimum atomic E-state index is -4.64. The molecule has 182 valence electrons. The Kier molecular flexibility index (Phi) is 5.59. The molecule has 0 spiro atoms. The molecular weight excluding hydrogens is 481 g/mol. The van der Waals surface area contributed by atoms with Crippen molar-refractivity contribution >= 4 is 34.2 Å². The molecule has 5 rings (SSSR count). The van der Waals surface area contributed by atoms with Gasteiger partial charge in [-0.3, -0.25) is 14.7 Å². The number of nitrogens with zero attached hydrogens (tertiary/aromatic N) is 6. The van der Waals surface area contributed by atoms with Gasteiger partial charge in [-0.05, 0) is 30.3 Å². The first-order valence-corrected chi connectivity index (χ1v) is 10.3. The number of benzene rings is 1. The van der Waals surface area contributed by atoms with Gasteiger partial charge in [0.05, 0.1) is 41.1 Å². The number of fused-ring (bicyclic) bond motifs is 1. The van der Waals surface area contributed by atoms with Crippen LogP contribution in [0.15, 0.2) is 61.3 Å². The molecule has 1 fully saturated rings. The largest absolute Gasteiger partial charge is 0.481 e. The van der Waals surface area contributed by atoms with Crippen LogP contribution in [0, 0.1) is 0 Å². The van der Waals surface area contributed by atoms with Crippen LogP contribution in [0.2, 0.25) is 0 Å². The van der Waals surface area contributed by atoms with Gasteiger partial charge in [0.25, 0.3) is 5.91 Å². The molecule has 3 amide bonds. The van der Waals surface area contributed by atoms with Crippen LogP contribution in [0.25, 0.3) is 10.9 Å². The first kappa shape index (κ1) is 23.0. The lowest BCUT2D eigenvalue weighted by Crippen LogP contribution is -2.33. The molecule has 1 aliphatic heterocycles. The molecule has 0 radical (unpaired) electrons. The monoisotopic (exact) mass is 496 g/mol. The van der Waals surface area contributed by atoms with Gasteiger partial charge in [-0.15, -0.1) is 0 Å². The van der Waals surface area contributed by atoms with Gasteiger partial charge in [0.2, 0.25) is 11.8 Å². The predicted molar refractivity (Wildman–Crippen MR) is 120 cm³/mol. The van der Waals surface area contributed by atoms with Crippen molar-refractivity contribution in [1.29, 1.82) is 0 Å². The van der Waals surface area contributed by atoms with Gasteiger partial charge in [-0.25, -0.2) is 24.6 Å². The molecule has 4 aromatic rings. The van der Waals surface area contributed by atoms with E-state index in [9.17, 15) is 22.8 Å². The zero-order valence-corrected chi connectivity index (χ0v) is 18.4. The fourth-order valence-electron chi connectivity index (χ4n) is 3.57.